The lowest BCUT2D eigenvalue weighted by Crippen LogP contribution is -2.43. The van der Waals surface area contributed by atoms with Gasteiger partial charge in [-0.25, -0.2) is 9.18 Å². The number of carbonyl (C=O) groups is 2. The van der Waals surface area contributed by atoms with E-state index in [4.69, 9.17) is 0 Å². The van der Waals surface area contributed by atoms with Gasteiger partial charge in [-0.2, -0.15) is 13.2 Å². The number of rotatable bonds is 4. The van der Waals surface area contributed by atoms with Gasteiger partial charge in [0.15, 0.2) is 0 Å². The number of urea groups is 1. The van der Waals surface area contributed by atoms with E-state index in [9.17, 15) is 27.2 Å². The number of carbonyl (C=O) groups excluding carboxylic acids is 2. The number of piperidine rings is 1. The Morgan fingerprint density at radius 2 is 1.63 bits per heavy atom. The molecule has 2 aromatic carbocycles. The van der Waals surface area contributed by atoms with E-state index in [-0.39, 0.29) is 18.5 Å². The van der Waals surface area contributed by atoms with Crippen molar-refractivity contribution in [3.63, 3.8) is 0 Å². The standard InChI is InChI=1S/C21H21F4N3O2/c22-15-5-7-16(8-6-15)27-20(30)28-11-9-14(10-12-28)13-26-19(29)17-3-1-2-4-18(17)21(23,24)25/h1-8,14H,9-13H2,(H,26,29)(H,27,30). The molecule has 1 heterocycles. The van der Waals surface area contributed by atoms with Gasteiger partial charge in [-0.3, -0.25) is 4.79 Å². The molecule has 1 fully saturated rings. The van der Waals surface area contributed by atoms with Crippen LogP contribution in [-0.2, 0) is 6.18 Å². The Bertz CT molecular complexity index is 892. The van der Waals surface area contributed by atoms with Crippen LogP contribution < -0.4 is 10.6 Å². The highest BCUT2D eigenvalue weighted by molar-refractivity contribution is 5.95. The average molecular weight is 423 g/mol. The summed E-state index contributed by atoms with van der Waals surface area (Å²) in [6, 6.07) is 9.80. The Morgan fingerprint density at radius 1 is 1.00 bits per heavy atom. The van der Waals surface area contributed by atoms with Crippen molar-refractivity contribution in [2.75, 3.05) is 25.0 Å². The third-order valence-corrected chi connectivity index (χ3v) is 5.03. The molecule has 2 N–H and O–H groups in total. The second-order valence-electron chi connectivity index (χ2n) is 7.12. The average Bonchev–Trinajstić information content (AvgIpc) is 2.73. The highest BCUT2D eigenvalue weighted by Crippen LogP contribution is 2.31. The lowest BCUT2D eigenvalue weighted by Gasteiger charge is -2.32. The molecular formula is C21H21F4N3O2. The topological polar surface area (TPSA) is 61.4 Å². The molecule has 0 saturated carbocycles. The number of anilines is 1. The van der Waals surface area contributed by atoms with Crippen molar-refractivity contribution in [3.05, 3.63) is 65.5 Å². The minimum atomic E-state index is -4.60. The van der Waals surface area contributed by atoms with E-state index >= 15 is 0 Å². The summed E-state index contributed by atoms with van der Waals surface area (Å²) in [6.07, 6.45) is -3.38. The number of nitrogens with one attached hydrogen (secondary N) is 2. The third kappa shape index (κ3) is 5.49. The number of nitrogens with zero attached hydrogens (tertiary/aromatic N) is 1. The van der Waals surface area contributed by atoms with E-state index in [1.54, 1.807) is 4.90 Å². The van der Waals surface area contributed by atoms with Crippen LogP contribution in [0.5, 0.6) is 0 Å². The normalized spacial score (nSPS) is 15.0. The molecule has 0 atom stereocenters. The van der Waals surface area contributed by atoms with Crippen LogP contribution >= 0.6 is 0 Å². The minimum absolute atomic E-state index is 0.0573. The number of halogens is 4. The minimum Gasteiger partial charge on any atom is -0.352 e. The molecule has 0 spiro atoms. The molecule has 1 aliphatic rings. The van der Waals surface area contributed by atoms with E-state index in [0.29, 0.717) is 31.6 Å². The summed E-state index contributed by atoms with van der Waals surface area (Å²) < 4.78 is 52.1. The first-order valence-corrected chi connectivity index (χ1v) is 9.50. The summed E-state index contributed by atoms with van der Waals surface area (Å²) >= 11 is 0. The van der Waals surface area contributed by atoms with Crippen molar-refractivity contribution in [3.8, 4) is 0 Å². The fourth-order valence-electron chi connectivity index (χ4n) is 3.34. The van der Waals surface area contributed by atoms with Crippen LogP contribution in [0.4, 0.5) is 28.0 Å². The lowest BCUT2D eigenvalue weighted by atomic mass is 9.96. The van der Waals surface area contributed by atoms with Crippen LogP contribution in [0.1, 0.15) is 28.8 Å². The van der Waals surface area contributed by atoms with Gasteiger partial charge in [0.1, 0.15) is 5.82 Å². The molecule has 3 rings (SSSR count). The summed E-state index contributed by atoms with van der Waals surface area (Å²) in [5.41, 5.74) is -0.880. The van der Waals surface area contributed by atoms with Gasteiger partial charge in [0.2, 0.25) is 0 Å². The Kier molecular flexibility index (Phi) is 6.59. The summed E-state index contributed by atoms with van der Waals surface area (Å²) in [6.45, 7) is 1.14. The Hall–Kier alpha value is -3.10. The highest BCUT2D eigenvalue weighted by Gasteiger charge is 2.35. The van der Waals surface area contributed by atoms with Gasteiger partial charge in [-0.1, -0.05) is 12.1 Å². The predicted octanol–water partition coefficient (Wildman–Crippen LogP) is 4.52. The number of benzene rings is 2. The van der Waals surface area contributed by atoms with Crippen LogP contribution in [0.3, 0.4) is 0 Å². The third-order valence-electron chi connectivity index (χ3n) is 5.03. The second-order valence-corrected chi connectivity index (χ2v) is 7.12. The van der Waals surface area contributed by atoms with Crippen molar-refractivity contribution in [2.24, 2.45) is 5.92 Å². The highest BCUT2D eigenvalue weighted by atomic mass is 19.4. The molecule has 3 amide bonds. The number of alkyl halides is 3. The van der Waals surface area contributed by atoms with Crippen LogP contribution in [0.15, 0.2) is 48.5 Å². The predicted molar refractivity (Wildman–Crippen MR) is 103 cm³/mol. The van der Waals surface area contributed by atoms with Crippen molar-refractivity contribution >= 4 is 17.6 Å². The van der Waals surface area contributed by atoms with Crippen LogP contribution in [0, 0.1) is 11.7 Å². The molecule has 5 nitrogen and oxygen atoms in total. The zero-order valence-electron chi connectivity index (χ0n) is 16.0. The van der Waals surface area contributed by atoms with Crippen LogP contribution in [0.2, 0.25) is 0 Å². The first kappa shape index (κ1) is 21.6. The Morgan fingerprint density at radius 3 is 2.27 bits per heavy atom. The number of hydrogen-bond acceptors (Lipinski definition) is 2. The summed E-state index contributed by atoms with van der Waals surface area (Å²) in [7, 11) is 0. The lowest BCUT2D eigenvalue weighted by molar-refractivity contribution is -0.137. The van der Waals surface area contributed by atoms with E-state index in [0.717, 1.165) is 12.1 Å². The van der Waals surface area contributed by atoms with Crippen molar-refractivity contribution in [1.82, 2.24) is 10.2 Å². The molecule has 2 aromatic rings. The molecule has 0 radical (unpaired) electrons. The summed E-state index contributed by atoms with van der Waals surface area (Å²) in [5, 5.41) is 5.27. The monoisotopic (exact) mass is 423 g/mol. The Balaban J connectivity index is 1.48. The first-order chi connectivity index (χ1) is 14.2. The van der Waals surface area contributed by atoms with Gasteiger partial charge < -0.3 is 15.5 Å². The van der Waals surface area contributed by atoms with Gasteiger partial charge in [0, 0.05) is 25.3 Å². The van der Waals surface area contributed by atoms with Crippen molar-refractivity contribution in [1.29, 1.82) is 0 Å². The van der Waals surface area contributed by atoms with Crippen molar-refractivity contribution < 1.29 is 27.2 Å². The quantitative estimate of drug-likeness (QED) is 0.711. The molecular weight excluding hydrogens is 402 g/mol. The smallest absolute Gasteiger partial charge is 0.352 e. The van der Waals surface area contributed by atoms with Gasteiger partial charge >= 0.3 is 12.2 Å². The summed E-state index contributed by atoms with van der Waals surface area (Å²) in [4.78, 5) is 26.1. The molecule has 0 unspecified atom stereocenters. The molecule has 1 saturated heterocycles. The van der Waals surface area contributed by atoms with Gasteiger partial charge in [0.25, 0.3) is 5.91 Å². The van der Waals surface area contributed by atoms with E-state index < -0.39 is 29.0 Å². The molecule has 30 heavy (non-hydrogen) atoms. The van der Waals surface area contributed by atoms with Crippen LogP contribution in [-0.4, -0.2) is 36.5 Å². The number of hydrogen-bond donors (Lipinski definition) is 2. The molecule has 0 bridgehead atoms. The largest absolute Gasteiger partial charge is 0.417 e. The molecule has 1 aliphatic heterocycles. The Labute approximate surface area is 171 Å². The maximum absolute atomic E-state index is 13.1. The van der Waals surface area contributed by atoms with Gasteiger partial charge in [-0.15, -0.1) is 0 Å². The van der Waals surface area contributed by atoms with E-state index in [1.807, 2.05) is 0 Å². The van der Waals surface area contributed by atoms with Gasteiger partial charge in [0.05, 0.1) is 11.1 Å². The zero-order chi connectivity index (χ0) is 21.7. The maximum Gasteiger partial charge on any atom is 0.417 e. The van der Waals surface area contributed by atoms with Crippen LogP contribution in [0.25, 0.3) is 0 Å². The van der Waals surface area contributed by atoms with Crippen molar-refractivity contribution in [2.45, 2.75) is 19.0 Å². The van der Waals surface area contributed by atoms with E-state index in [1.165, 1.54) is 36.4 Å². The molecule has 0 aliphatic carbocycles. The SMILES string of the molecule is O=C(NCC1CCN(C(=O)Nc2ccc(F)cc2)CC1)c1ccccc1C(F)(F)F. The zero-order valence-corrected chi connectivity index (χ0v) is 16.0. The molecule has 160 valence electrons. The fraction of sp³-hybridized carbons (Fsp3) is 0.333. The summed E-state index contributed by atoms with van der Waals surface area (Å²) in [5.74, 6) is -1.10. The molecule has 9 heteroatoms. The van der Waals surface area contributed by atoms with E-state index in [2.05, 4.69) is 10.6 Å². The fourth-order valence-corrected chi connectivity index (χ4v) is 3.34. The molecule has 0 aromatic heterocycles. The van der Waals surface area contributed by atoms with Gasteiger partial charge in [-0.05, 0) is 55.2 Å². The number of amides is 3. The number of likely N-dealkylation sites (tertiary alicyclic amines) is 1. The second kappa shape index (κ2) is 9.15. The first-order valence-electron chi connectivity index (χ1n) is 9.50. The maximum atomic E-state index is 13.1.